The zero-order valence-electron chi connectivity index (χ0n) is 24.1. The Balaban J connectivity index is 0.000000303. The van der Waals surface area contributed by atoms with Crippen molar-refractivity contribution in [2.75, 3.05) is 33.8 Å². The van der Waals surface area contributed by atoms with Gasteiger partial charge in [0, 0.05) is 31.6 Å². The number of aliphatic carboxylic acids is 2. The fraction of sp³-hybridized carbons (Fsp3) is 0.607. The molecular formula is C28H36F6N4O5. The van der Waals surface area contributed by atoms with E-state index in [4.69, 9.17) is 29.5 Å². The second kappa shape index (κ2) is 13.5. The third-order valence-corrected chi connectivity index (χ3v) is 7.80. The number of ether oxygens (including phenoxy) is 1. The van der Waals surface area contributed by atoms with Gasteiger partial charge in [-0.3, -0.25) is 4.90 Å². The fourth-order valence-electron chi connectivity index (χ4n) is 5.31. The van der Waals surface area contributed by atoms with Crippen LogP contribution in [0.2, 0.25) is 0 Å². The van der Waals surface area contributed by atoms with E-state index in [0.29, 0.717) is 0 Å². The number of nitrogens with zero attached hydrogens (tertiary/aromatic N) is 4. The quantitative estimate of drug-likeness (QED) is 0.456. The molecule has 1 aromatic carbocycles. The summed E-state index contributed by atoms with van der Waals surface area (Å²) in [5, 5.41) is 14.2. The molecule has 43 heavy (non-hydrogen) atoms. The Morgan fingerprint density at radius 3 is 1.95 bits per heavy atom. The van der Waals surface area contributed by atoms with Crippen LogP contribution in [-0.2, 0) is 34.6 Å². The lowest BCUT2D eigenvalue weighted by molar-refractivity contribution is -0.193. The van der Waals surface area contributed by atoms with Crippen LogP contribution in [0.5, 0.6) is 5.75 Å². The van der Waals surface area contributed by atoms with Crippen molar-refractivity contribution >= 4 is 11.9 Å². The van der Waals surface area contributed by atoms with E-state index in [1.54, 1.807) is 7.11 Å². The molecular weight excluding hydrogens is 586 g/mol. The smallest absolute Gasteiger partial charge is 0.490 e. The van der Waals surface area contributed by atoms with E-state index in [1.165, 1.54) is 68.1 Å². The van der Waals surface area contributed by atoms with E-state index < -0.39 is 24.3 Å². The molecule has 2 N–H and O–H groups in total. The van der Waals surface area contributed by atoms with Crippen molar-refractivity contribution < 1.29 is 50.9 Å². The highest BCUT2D eigenvalue weighted by molar-refractivity contribution is 5.73. The number of hydrogen-bond donors (Lipinski definition) is 2. The van der Waals surface area contributed by atoms with Crippen LogP contribution in [0.1, 0.15) is 48.5 Å². The highest BCUT2D eigenvalue weighted by Gasteiger charge is 2.45. The van der Waals surface area contributed by atoms with E-state index in [2.05, 4.69) is 52.6 Å². The number of benzene rings is 1. The number of carbonyl (C=O) groups is 2. The van der Waals surface area contributed by atoms with Crippen molar-refractivity contribution in [2.24, 2.45) is 5.92 Å². The molecule has 1 saturated carbocycles. The first-order valence-electron chi connectivity index (χ1n) is 13.7. The summed E-state index contributed by atoms with van der Waals surface area (Å²) in [6.07, 6.45) is -4.96. The number of imidazole rings is 1. The highest BCUT2D eigenvalue weighted by atomic mass is 19.4. The summed E-state index contributed by atoms with van der Waals surface area (Å²) in [6.45, 7) is 8.87. The lowest BCUT2D eigenvalue weighted by Crippen LogP contribution is -2.51. The van der Waals surface area contributed by atoms with Gasteiger partial charge in [-0.2, -0.15) is 26.3 Å². The van der Waals surface area contributed by atoms with Crippen LogP contribution in [0.25, 0.3) is 0 Å². The van der Waals surface area contributed by atoms with Gasteiger partial charge >= 0.3 is 24.3 Å². The van der Waals surface area contributed by atoms with E-state index in [1.807, 2.05) is 0 Å². The van der Waals surface area contributed by atoms with E-state index in [-0.39, 0.29) is 5.41 Å². The SMILES string of the molecule is COc1ccc(CN2Cc3c(nc(C)n3CC3CC3)C3(CCN(C)CC3)C2)cc1.O=C(O)C(F)(F)F.O=C(O)C(F)(F)F. The lowest BCUT2D eigenvalue weighted by Gasteiger charge is -2.46. The summed E-state index contributed by atoms with van der Waals surface area (Å²) in [4.78, 5) is 28.1. The molecule has 5 rings (SSSR count). The lowest BCUT2D eigenvalue weighted by atomic mass is 9.72. The number of methoxy groups -OCH3 is 1. The molecule has 0 atom stereocenters. The minimum absolute atomic E-state index is 0.214. The molecule has 0 amide bonds. The predicted molar refractivity (Wildman–Crippen MR) is 143 cm³/mol. The molecule has 0 bridgehead atoms. The molecule has 1 spiro atoms. The van der Waals surface area contributed by atoms with Gasteiger partial charge in [0.05, 0.1) is 18.5 Å². The first kappa shape index (κ1) is 34.2. The monoisotopic (exact) mass is 622 g/mol. The maximum Gasteiger partial charge on any atom is 0.490 e. The maximum atomic E-state index is 10.6. The Morgan fingerprint density at radius 1 is 1.00 bits per heavy atom. The summed E-state index contributed by atoms with van der Waals surface area (Å²) < 4.78 is 71.4. The van der Waals surface area contributed by atoms with E-state index in [0.717, 1.165) is 31.3 Å². The largest absolute Gasteiger partial charge is 0.497 e. The average Bonchev–Trinajstić information content (AvgIpc) is 3.69. The van der Waals surface area contributed by atoms with Crippen molar-refractivity contribution in [1.29, 1.82) is 0 Å². The zero-order valence-corrected chi connectivity index (χ0v) is 24.1. The number of likely N-dealkylation sites (tertiary alicyclic amines) is 1. The molecule has 0 unspecified atom stereocenters. The number of piperidine rings is 1. The number of aryl methyl sites for hydroxylation is 1. The van der Waals surface area contributed by atoms with Crippen LogP contribution < -0.4 is 4.74 Å². The third kappa shape index (κ3) is 9.33. The maximum absolute atomic E-state index is 10.6. The molecule has 1 aromatic heterocycles. The van der Waals surface area contributed by atoms with Crippen molar-refractivity contribution in [3.05, 3.63) is 47.0 Å². The first-order valence-corrected chi connectivity index (χ1v) is 13.7. The Morgan fingerprint density at radius 2 is 1.51 bits per heavy atom. The second-order valence-electron chi connectivity index (χ2n) is 11.2. The van der Waals surface area contributed by atoms with Crippen LogP contribution in [0.15, 0.2) is 24.3 Å². The number of carboxylic acid groups (broad SMARTS) is 2. The summed E-state index contributed by atoms with van der Waals surface area (Å²) in [5.41, 5.74) is 4.50. The van der Waals surface area contributed by atoms with E-state index >= 15 is 0 Å². The summed E-state index contributed by atoms with van der Waals surface area (Å²) in [5.74, 6) is -2.48. The van der Waals surface area contributed by atoms with Gasteiger partial charge in [-0.25, -0.2) is 14.6 Å². The zero-order chi connectivity index (χ0) is 32.2. The molecule has 240 valence electrons. The number of aromatic nitrogens is 2. The molecule has 9 nitrogen and oxygen atoms in total. The number of hydrogen-bond acceptors (Lipinski definition) is 6. The van der Waals surface area contributed by atoms with Gasteiger partial charge in [0.25, 0.3) is 0 Å². The first-order chi connectivity index (χ1) is 19.9. The van der Waals surface area contributed by atoms with Crippen LogP contribution in [-0.4, -0.2) is 87.6 Å². The van der Waals surface area contributed by atoms with Gasteiger partial charge in [-0.15, -0.1) is 0 Å². The number of rotatable bonds is 5. The third-order valence-electron chi connectivity index (χ3n) is 7.80. The summed E-state index contributed by atoms with van der Waals surface area (Å²) in [6, 6.07) is 8.58. The van der Waals surface area contributed by atoms with Gasteiger partial charge in [-0.1, -0.05) is 12.1 Å². The average molecular weight is 623 g/mol. The minimum atomic E-state index is -5.08. The van der Waals surface area contributed by atoms with Crippen LogP contribution in [0.4, 0.5) is 26.3 Å². The summed E-state index contributed by atoms with van der Waals surface area (Å²) >= 11 is 0. The predicted octanol–water partition coefficient (Wildman–Crippen LogP) is 4.86. The molecule has 15 heteroatoms. The number of carboxylic acids is 2. The van der Waals surface area contributed by atoms with Gasteiger partial charge in [-0.05, 0) is 76.4 Å². The molecule has 1 aliphatic carbocycles. The molecule has 3 heterocycles. The number of fused-ring (bicyclic) bond motifs is 2. The standard InChI is InChI=1S/C24H34N4O.2C2HF3O2/c1-18-25-23-22(28(18)15-20-4-5-20)16-27(14-19-6-8-21(29-3)9-7-19)17-24(23)10-12-26(2)13-11-24;2*3-2(4,5)1(6)7/h6-9,20H,4-5,10-17H2,1-3H3;2*(H,6,7). The second-order valence-corrected chi connectivity index (χ2v) is 11.2. The van der Waals surface area contributed by atoms with Crippen LogP contribution in [0.3, 0.4) is 0 Å². The van der Waals surface area contributed by atoms with Crippen LogP contribution in [0, 0.1) is 12.8 Å². The molecule has 0 radical (unpaired) electrons. The van der Waals surface area contributed by atoms with Gasteiger partial charge in [0.1, 0.15) is 11.6 Å². The van der Waals surface area contributed by atoms with Crippen molar-refractivity contribution in [2.45, 2.75) is 70.0 Å². The Labute approximate surface area is 245 Å². The number of alkyl halides is 6. The summed E-state index contributed by atoms with van der Waals surface area (Å²) in [7, 11) is 3.98. The molecule has 2 aromatic rings. The Kier molecular flexibility index (Phi) is 10.8. The van der Waals surface area contributed by atoms with Crippen molar-refractivity contribution in [3.8, 4) is 5.75 Å². The molecule has 2 fully saturated rings. The van der Waals surface area contributed by atoms with Gasteiger partial charge < -0.3 is 24.4 Å². The minimum Gasteiger partial charge on any atom is -0.497 e. The fourth-order valence-corrected chi connectivity index (χ4v) is 5.31. The van der Waals surface area contributed by atoms with Crippen molar-refractivity contribution in [1.82, 2.24) is 19.4 Å². The molecule has 2 aliphatic heterocycles. The van der Waals surface area contributed by atoms with Gasteiger partial charge in [0.15, 0.2) is 0 Å². The Hall–Kier alpha value is -3.33. The van der Waals surface area contributed by atoms with Crippen molar-refractivity contribution in [3.63, 3.8) is 0 Å². The normalized spacial score (nSPS) is 18.5. The highest BCUT2D eigenvalue weighted by Crippen LogP contribution is 2.43. The van der Waals surface area contributed by atoms with E-state index in [9.17, 15) is 26.3 Å². The Bertz CT molecular complexity index is 1230. The van der Waals surface area contributed by atoms with Crippen LogP contribution >= 0.6 is 0 Å². The molecule has 1 saturated heterocycles. The van der Waals surface area contributed by atoms with Gasteiger partial charge in [0.2, 0.25) is 0 Å². The molecule has 3 aliphatic rings. The number of halogens is 6. The topological polar surface area (TPSA) is 108 Å².